The lowest BCUT2D eigenvalue weighted by Crippen LogP contribution is -2.42. The largest absolute Gasteiger partial charge is 0.489 e. The first kappa shape index (κ1) is 21.2. The molecule has 0 saturated heterocycles. The van der Waals surface area contributed by atoms with E-state index in [1.165, 1.54) is 6.07 Å². The smallest absolute Gasteiger partial charge is 0.193 e. The Morgan fingerprint density at radius 3 is 2.80 bits per heavy atom. The number of para-hydroxylation sites is 1. The van der Waals surface area contributed by atoms with Crippen molar-refractivity contribution in [3.63, 3.8) is 0 Å². The summed E-state index contributed by atoms with van der Waals surface area (Å²) >= 11 is 0. The first-order valence-corrected chi connectivity index (χ1v) is 7.88. The molecule has 6 nitrogen and oxygen atoms in total. The van der Waals surface area contributed by atoms with Crippen molar-refractivity contribution in [1.29, 1.82) is 0 Å². The molecule has 0 spiro atoms. The maximum Gasteiger partial charge on any atom is 0.193 e. The van der Waals surface area contributed by atoms with Gasteiger partial charge < -0.3 is 15.0 Å². The third-order valence-electron chi connectivity index (χ3n) is 3.48. The first-order chi connectivity index (χ1) is 11.6. The molecular formula is C17H25FIN5O. The second-order valence-electron chi connectivity index (χ2n) is 5.46. The molecule has 25 heavy (non-hydrogen) atoms. The van der Waals surface area contributed by atoms with Crippen molar-refractivity contribution in [2.45, 2.75) is 13.5 Å². The van der Waals surface area contributed by atoms with Crippen LogP contribution in [0.15, 0.2) is 41.7 Å². The van der Waals surface area contributed by atoms with Gasteiger partial charge in [0.25, 0.3) is 0 Å². The van der Waals surface area contributed by atoms with Gasteiger partial charge in [0.1, 0.15) is 6.61 Å². The summed E-state index contributed by atoms with van der Waals surface area (Å²) in [6, 6.07) is 6.39. The molecule has 2 rings (SSSR count). The number of hydrogen-bond acceptors (Lipinski definition) is 3. The number of aryl methyl sites for hydroxylation is 1. The van der Waals surface area contributed by atoms with Crippen LogP contribution in [0.4, 0.5) is 4.39 Å². The molecule has 0 aliphatic heterocycles. The van der Waals surface area contributed by atoms with Crippen molar-refractivity contribution in [2.75, 3.05) is 33.8 Å². The number of nitrogens with one attached hydrogen (secondary N) is 1. The molecule has 0 saturated carbocycles. The number of guanidine groups is 1. The van der Waals surface area contributed by atoms with Gasteiger partial charge in [-0.3, -0.25) is 9.67 Å². The summed E-state index contributed by atoms with van der Waals surface area (Å²) in [7, 11) is 3.65. The highest BCUT2D eigenvalue weighted by atomic mass is 127. The molecular weight excluding hydrogens is 436 g/mol. The number of nitrogens with zero attached hydrogens (tertiary/aromatic N) is 4. The Morgan fingerprint density at radius 1 is 1.40 bits per heavy atom. The second-order valence-corrected chi connectivity index (χ2v) is 5.46. The fourth-order valence-electron chi connectivity index (χ4n) is 2.22. The van der Waals surface area contributed by atoms with Gasteiger partial charge >= 0.3 is 0 Å². The zero-order chi connectivity index (χ0) is 17.4. The SMILES string of the molecule is CN=C(NCCn1cc(C)cn1)N(C)CCOc1ccccc1F.I. The molecule has 1 aromatic heterocycles. The van der Waals surface area contributed by atoms with Crippen molar-refractivity contribution in [2.24, 2.45) is 4.99 Å². The second kappa shape index (κ2) is 10.9. The van der Waals surface area contributed by atoms with Gasteiger partial charge in [-0.2, -0.15) is 5.10 Å². The van der Waals surface area contributed by atoms with E-state index < -0.39 is 0 Å². The van der Waals surface area contributed by atoms with Crippen molar-refractivity contribution in [3.8, 4) is 5.75 Å². The molecule has 0 radical (unpaired) electrons. The highest BCUT2D eigenvalue weighted by Crippen LogP contribution is 2.14. The summed E-state index contributed by atoms with van der Waals surface area (Å²) in [5.74, 6) is 0.677. The minimum atomic E-state index is -0.350. The van der Waals surface area contributed by atoms with Crippen molar-refractivity contribution in [3.05, 3.63) is 48.0 Å². The summed E-state index contributed by atoms with van der Waals surface area (Å²) in [5, 5.41) is 7.51. The third kappa shape index (κ3) is 6.89. The number of rotatable bonds is 7. The minimum absolute atomic E-state index is 0. The van der Waals surface area contributed by atoms with Crippen molar-refractivity contribution >= 4 is 29.9 Å². The zero-order valence-corrected chi connectivity index (χ0v) is 17.1. The highest BCUT2D eigenvalue weighted by Gasteiger charge is 2.07. The lowest BCUT2D eigenvalue weighted by molar-refractivity contribution is 0.270. The topological polar surface area (TPSA) is 54.7 Å². The van der Waals surface area contributed by atoms with E-state index in [9.17, 15) is 4.39 Å². The average molecular weight is 461 g/mol. The number of aliphatic imine (C=N–C) groups is 1. The zero-order valence-electron chi connectivity index (χ0n) is 14.8. The predicted molar refractivity (Wildman–Crippen MR) is 108 cm³/mol. The Bertz CT molecular complexity index is 677. The molecule has 0 fully saturated rings. The molecule has 1 heterocycles. The van der Waals surface area contributed by atoms with Crippen LogP contribution in [0.1, 0.15) is 5.56 Å². The van der Waals surface area contributed by atoms with Crippen molar-refractivity contribution in [1.82, 2.24) is 20.0 Å². The van der Waals surface area contributed by atoms with Crippen LogP contribution in [0.3, 0.4) is 0 Å². The summed E-state index contributed by atoms with van der Waals surface area (Å²) in [6.07, 6.45) is 3.83. The van der Waals surface area contributed by atoms with Crippen LogP contribution in [0.25, 0.3) is 0 Å². The lowest BCUT2D eigenvalue weighted by atomic mass is 10.3. The molecule has 0 atom stereocenters. The van der Waals surface area contributed by atoms with Crippen molar-refractivity contribution < 1.29 is 9.13 Å². The van der Waals surface area contributed by atoms with Crippen LogP contribution in [-0.4, -0.2) is 54.4 Å². The lowest BCUT2D eigenvalue weighted by Gasteiger charge is -2.22. The molecule has 138 valence electrons. The van der Waals surface area contributed by atoms with Crippen LogP contribution in [-0.2, 0) is 6.54 Å². The van der Waals surface area contributed by atoms with E-state index in [4.69, 9.17) is 4.74 Å². The van der Waals surface area contributed by atoms with Crippen LogP contribution in [0, 0.1) is 12.7 Å². The molecule has 0 amide bonds. The number of ether oxygens (including phenoxy) is 1. The van der Waals surface area contributed by atoms with Crippen LogP contribution in [0.2, 0.25) is 0 Å². The first-order valence-electron chi connectivity index (χ1n) is 7.88. The monoisotopic (exact) mass is 461 g/mol. The number of likely N-dealkylation sites (N-methyl/N-ethyl adjacent to an activating group) is 1. The van der Waals surface area contributed by atoms with Gasteiger partial charge in [-0.25, -0.2) is 4.39 Å². The summed E-state index contributed by atoms with van der Waals surface area (Å²) in [4.78, 5) is 6.18. The fourth-order valence-corrected chi connectivity index (χ4v) is 2.22. The minimum Gasteiger partial charge on any atom is -0.489 e. The fraction of sp³-hybridized carbons (Fsp3) is 0.412. The number of aromatic nitrogens is 2. The number of hydrogen-bond donors (Lipinski definition) is 1. The number of halogens is 2. The van der Waals surface area contributed by atoms with Crippen LogP contribution in [0.5, 0.6) is 5.75 Å². The average Bonchev–Trinajstić information content (AvgIpc) is 2.98. The van der Waals surface area contributed by atoms with Gasteiger partial charge in [-0.05, 0) is 24.6 Å². The van der Waals surface area contributed by atoms with Gasteiger partial charge in [-0.15, -0.1) is 24.0 Å². The number of benzene rings is 1. The summed E-state index contributed by atoms with van der Waals surface area (Å²) < 4.78 is 20.8. The van der Waals surface area contributed by atoms with E-state index in [2.05, 4.69) is 15.4 Å². The molecule has 1 aromatic carbocycles. The third-order valence-corrected chi connectivity index (χ3v) is 3.48. The molecule has 0 aliphatic carbocycles. The van der Waals surface area contributed by atoms with E-state index in [1.807, 2.05) is 35.9 Å². The molecule has 0 unspecified atom stereocenters. The van der Waals surface area contributed by atoms with Gasteiger partial charge in [0.05, 0.1) is 19.3 Å². The molecule has 8 heteroatoms. The Morgan fingerprint density at radius 2 is 2.16 bits per heavy atom. The van der Waals surface area contributed by atoms with Gasteiger partial charge in [0, 0.05) is 26.8 Å². The highest BCUT2D eigenvalue weighted by molar-refractivity contribution is 14.0. The molecule has 0 aliphatic rings. The maximum atomic E-state index is 13.5. The molecule has 2 aromatic rings. The predicted octanol–water partition coefficient (Wildman–Crippen LogP) is 2.53. The van der Waals surface area contributed by atoms with Crippen LogP contribution < -0.4 is 10.1 Å². The van der Waals surface area contributed by atoms with E-state index in [0.717, 1.165) is 18.1 Å². The molecule has 1 N–H and O–H groups in total. The normalized spacial score (nSPS) is 11.0. The van der Waals surface area contributed by atoms with E-state index in [0.29, 0.717) is 19.7 Å². The quantitative estimate of drug-likeness (QED) is 0.391. The summed E-state index contributed by atoms with van der Waals surface area (Å²) in [6.45, 7) is 4.45. The standard InChI is InChI=1S/C17H24FN5O.HI/c1-14-12-21-23(13-14)9-8-20-17(19-2)22(3)10-11-24-16-7-5-4-6-15(16)18;/h4-7,12-13H,8-11H2,1-3H3,(H,19,20);1H. The van der Waals surface area contributed by atoms with Gasteiger partial charge in [-0.1, -0.05) is 12.1 Å². The van der Waals surface area contributed by atoms with Gasteiger partial charge in [0.15, 0.2) is 17.5 Å². The van der Waals surface area contributed by atoms with E-state index in [1.54, 1.807) is 25.2 Å². The van der Waals surface area contributed by atoms with Crippen LogP contribution >= 0.6 is 24.0 Å². The van der Waals surface area contributed by atoms with E-state index >= 15 is 0 Å². The van der Waals surface area contributed by atoms with E-state index in [-0.39, 0.29) is 35.5 Å². The maximum absolute atomic E-state index is 13.5. The Balaban J connectivity index is 0.00000312. The van der Waals surface area contributed by atoms with Gasteiger partial charge in [0.2, 0.25) is 0 Å². The Hall–Kier alpha value is -1.84. The molecule has 0 bridgehead atoms. The Labute approximate surface area is 165 Å². The Kier molecular flexibility index (Phi) is 9.25. The summed E-state index contributed by atoms with van der Waals surface area (Å²) in [5.41, 5.74) is 1.14.